The summed E-state index contributed by atoms with van der Waals surface area (Å²) in [6, 6.07) is 7.27. The minimum atomic E-state index is -1.27. The molecular formula is C20H31BrN2OSi. The number of nitrogens with zero attached hydrogens (tertiary/aromatic N) is 2. The molecule has 0 radical (unpaired) electrons. The molecule has 5 heteroatoms. The number of halogens is 1. The van der Waals surface area contributed by atoms with Crippen LogP contribution in [0.25, 0.3) is 10.9 Å². The van der Waals surface area contributed by atoms with Crippen LogP contribution in [0, 0.1) is 0 Å². The van der Waals surface area contributed by atoms with Gasteiger partial charge in [-0.2, -0.15) is 0 Å². The smallest absolute Gasteiger partial charge is 0.122 e. The third-order valence-corrected chi connectivity index (χ3v) is 8.83. The average molecular weight is 423 g/mol. The molecule has 3 rings (SSSR count). The topological polar surface area (TPSA) is 17.4 Å². The summed E-state index contributed by atoms with van der Waals surface area (Å²) >= 11 is 3.64. The normalized spacial score (nSPS) is 20.5. The lowest BCUT2D eigenvalue weighted by atomic mass is 10.0. The largest absolute Gasteiger partial charge is 0.361 e. The fourth-order valence-corrected chi connectivity index (χ4v) is 4.48. The highest BCUT2D eigenvalue weighted by Crippen LogP contribution is 2.29. The number of hydrogen-bond acceptors (Lipinski definition) is 2. The quantitative estimate of drug-likeness (QED) is 0.588. The second kappa shape index (κ2) is 7.55. The standard InChI is InChI=1S/C20H31BrN2OSi/c1-15(25(3,4)5)24-14-23-13-16(11-18-7-6-10-22(18)2)19-12-17(21)8-9-20(19)23/h8-9,12-13,15,18H,6-7,10-11,14H2,1-5H3/t15-,18?/m1/s1. The zero-order chi connectivity index (χ0) is 18.2. The fourth-order valence-electron chi connectivity index (χ4n) is 3.55. The van der Waals surface area contributed by atoms with E-state index in [1.54, 1.807) is 0 Å². The molecule has 25 heavy (non-hydrogen) atoms. The van der Waals surface area contributed by atoms with Crippen molar-refractivity contribution < 1.29 is 4.74 Å². The Labute approximate surface area is 161 Å². The maximum Gasteiger partial charge on any atom is 0.122 e. The minimum Gasteiger partial charge on any atom is -0.361 e. The van der Waals surface area contributed by atoms with Gasteiger partial charge in [-0.25, -0.2) is 0 Å². The third-order valence-electron chi connectivity index (χ3n) is 5.74. The van der Waals surface area contributed by atoms with Crippen LogP contribution in [0.3, 0.4) is 0 Å². The average Bonchev–Trinajstić information content (AvgIpc) is 3.08. The Morgan fingerprint density at radius 3 is 2.72 bits per heavy atom. The van der Waals surface area contributed by atoms with Gasteiger partial charge in [-0.05, 0) is 63.5 Å². The van der Waals surface area contributed by atoms with Crippen molar-refractivity contribution in [3.63, 3.8) is 0 Å². The Hall–Kier alpha value is -0.623. The Bertz CT molecular complexity index is 737. The molecule has 0 spiro atoms. The van der Waals surface area contributed by atoms with E-state index < -0.39 is 8.07 Å². The highest BCUT2D eigenvalue weighted by molar-refractivity contribution is 9.10. The summed E-state index contributed by atoms with van der Waals surface area (Å²) in [6.07, 6.45) is 6.07. The molecule has 0 amide bonds. The van der Waals surface area contributed by atoms with Gasteiger partial charge >= 0.3 is 0 Å². The van der Waals surface area contributed by atoms with Gasteiger partial charge in [0, 0.05) is 27.8 Å². The molecule has 138 valence electrons. The predicted octanol–water partition coefficient (Wildman–Crippen LogP) is 5.28. The molecule has 3 nitrogen and oxygen atoms in total. The Balaban J connectivity index is 1.86. The summed E-state index contributed by atoms with van der Waals surface area (Å²) in [7, 11) is 0.983. The van der Waals surface area contributed by atoms with Crippen LogP contribution in [0.15, 0.2) is 28.9 Å². The number of hydrogen-bond donors (Lipinski definition) is 0. The summed E-state index contributed by atoms with van der Waals surface area (Å²) in [6.45, 7) is 11.2. The highest BCUT2D eigenvalue weighted by atomic mass is 79.9. The first-order valence-corrected chi connectivity index (χ1v) is 13.7. The molecule has 2 atom stereocenters. The van der Waals surface area contributed by atoms with Crippen LogP contribution in [-0.2, 0) is 17.9 Å². The summed E-state index contributed by atoms with van der Waals surface area (Å²) in [4.78, 5) is 2.50. The van der Waals surface area contributed by atoms with Gasteiger partial charge in [0.15, 0.2) is 0 Å². The molecule has 1 fully saturated rings. The molecule has 2 aromatic rings. The number of aromatic nitrogens is 1. The number of benzene rings is 1. The van der Waals surface area contributed by atoms with E-state index in [1.165, 1.54) is 35.9 Å². The Kier molecular flexibility index (Phi) is 5.78. The minimum absolute atomic E-state index is 0.352. The van der Waals surface area contributed by atoms with Crippen molar-refractivity contribution in [2.45, 2.75) is 64.3 Å². The fraction of sp³-hybridized carbons (Fsp3) is 0.600. The third kappa shape index (κ3) is 4.38. The van der Waals surface area contributed by atoms with Crippen molar-refractivity contribution in [2.75, 3.05) is 13.6 Å². The number of rotatable bonds is 6. The van der Waals surface area contributed by atoms with E-state index in [4.69, 9.17) is 4.74 Å². The summed E-state index contributed by atoms with van der Waals surface area (Å²) in [5.74, 6) is 0. The van der Waals surface area contributed by atoms with Crippen LogP contribution in [0.1, 0.15) is 25.3 Å². The monoisotopic (exact) mass is 422 g/mol. The van der Waals surface area contributed by atoms with Crippen molar-refractivity contribution >= 4 is 34.9 Å². The molecule has 0 N–H and O–H groups in total. The van der Waals surface area contributed by atoms with Gasteiger partial charge in [-0.15, -0.1) is 0 Å². The summed E-state index contributed by atoms with van der Waals surface area (Å²) < 4.78 is 9.68. The van der Waals surface area contributed by atoms with E-state index in [1.807, 2.05) is 0 Å². The molecule has 1 aliphatic rings. The molecule has 2 heterocycles. The van der Waals surface area contributed by atoms with Crippen molar-refractivity contribution in [1.82, 2.24) is 9.47 Å². The first kappa shape index (κ1) is 19.1. The number of likely N-dealkylation sites (N-methyl/N-ethyl adjacent to an activating group) is 1. The number of ether oxygens (including phenoxy) is 1. The molecule has 1 aromatic heterocycles. The van der Waals surface area contributed by atoms with Gasteiger partial charge in [0.1, 0.15) is 6.73 Å². The van der Waals surface area contributed by atoms with Crippen LogP contribution in [-0.4, -0.2) is 42.9 Å². The maximum atomic E-state index is 6.24. The van der Waals surface area contributed by atoms with E-state index >= 15 is 0 Å². The second-order valence-electron chi connectivity index (χ2n) is 8.57. The van der Waals surface area contributed by atoms with Gasteiger partial charge in [0.25, 0.3) is 0 Å². The SMILES string of the molecule is C[C@H](OCn1cc(CC2CCCN2C)c2cc(Br)ccc21)[Si](C)(C)C. The van der Waals surface area contributed by atoms with Gasteiger partial charge in [-0.1, -0.05) is 35.6 Å². The maximum absolute atomic E-state index is 6.24. The first-order chi connectivity index (χ1) is 11.8. The van der Waals surface area contributed by atoms with E-state index in [9.17, 15) is 0 Å². The Morgan fingerprint density at radius 1 is 1.32 bits per heavy atom. The lowest BCUT2D eigenvalue weighted by molar-refractivity contribution is 0.0592. The number of fused-ring (bicyclic) bond motifs is 1. The molecule has 1 aliphatic heterocycles. The molecule has 0 saturated carbocycles. The van der Waals surface area contributed by atoms with E-state index in [0.29, 0.717) is 18.5 Å². The van der Waals surface area contributed by atoms with E-state index in [2.05, 4.69) is 83.4 Å². The van der Waals surface area contributed by atoms with Crippen molar-refractivity contribution in [1.29, 1.82) is 0 Å². The van der Waals surface area contributed by atoms with E-state index in [-0.39, 0.29) is 0 Å². The summed E-state index contributed by atoms with van der Waals surface area (Å²) in [5, 5.41) is 1.36. The van der Waals surface area contributed by atoms with Crippen molar-refractivity contribution in [2.24, 2.45) is 0 Å². The predicted molar refractivity (Wildman–Crippen MR) is 113 cm³/mol. The van der Waals surface area contributed by atoms with Gasteiger partial charge < -0.3 is 14.2 Å². The Morgan fingerprint density at radius 2 is 2.08 bits per heavy atom. The molecular weight excluding hydrogens is 392 g/mol. The number of likely N-dealkylation sites (tertiary alicyclic amines) is 1. The molecule has 0 aliphatic carbocycles. The second-order valence-corrected chi connectivity index (χ2v) is 15.0. The van der Waals surface area contributed by atoms with E-state index in [0.717, 1.165) is 10.9 Å². The lowest BCUT2D eigenvalue weighted by Crippen LogP contribution is -2.38. The lowest BCUT2D eigenvalue weighted by Gasteiger charge is -2.25. The summed E-state index contributed by atoms with van der Waals surface area (Å²) in [5.41, 5.74) is 3.07. The van der Waals surface area contributed by atoms with Crippen LogP contribution in [0.2, 0.25) is 19.6 Å². The van der Waals surface area contributed by atoms with Crippen LogP contribution < -0.4 is 0 Å². The van der Waals surface area contributed by atoms with Gasteiger partial charge in [0.2, 0.25) is 0 Å². The van der Waals surface area contributed by atoms with Gasteiger partial charge in [-0.3, -0.25) is 0 Å². The van der Waals surface area contributed by atoms with Crippen molar-refractivity contribution in [3.8, 4) is 0 Å². The zero-order valence-corrected chi connectivity index (χ0v) is 18.8. The zero-order valence-electron chi connectivity index (χ0n) is 16.2. The molecule has 0 bridgehead atoms. The highest BCUT2D eigenvalue weighted by Gasteiger charge is 2.25. The molecule has 1 aromatic carbocycles. The molecule has 1 saturated heterocycles. The van der Waals surface area contributed by atoms with Crippen LogP contribution in [0.5, 0.6) is 0 Å². The van der Waals surface area contributed by atoms with Crippen LogP contribution in [0.4, 0.5) is 0 Å². The first-order valence-electron chi connectivity index (χ1n) is 9.35. The molecule has 1 unspecified atom stereocenters. The van der Waals surface area contributed by atoms with Crippen molar-refractivity contribution in [3.05, 3.63) is 34.4 Å². The van der Waals surface area contributed by atoms with Gasteiger partial charge in [0.05, 0.1) is 13.6 Å². The van der Waals surface area contributed by atoms with Crippen LogP contribution >= 0.6 is 15.9 Å².